The normalized spacial score (nSPS) is 12.9. The van der Waals surface area contributed by atoms with Gasteiger partial charge in [-0.2, -0.15) is 13.2 Å². The molecule has 40 heavy (non-hydrogen) atoms. The molecule has 0 spiro atoms. The first-order valence-electron chi connectivity index (χ1n) is 12.6. The molecule has 1 heterocycles. The van der Waals surface area contributed by atoms with Crippen LogP contribution in [0.15, 0.2) is 60.8 Å². The molecule has 0 fully saturated rings. The van der Waals surface area contributed by atoms with Crippen LogP contribution >= 0.6 is 0 Å². The summed E-state index contributed by atoms with van der Waals surface area (Å²) in [4.78, 5) is 43.3. The molecule has 3 aromatic rings. The van der Waals surface area contributed by atoms with Gasteiger partial charge >= 0.3 is 6.18 Å². The number of aromatic nitrogens is 1. The number of aromatic amines is 1. The number of hydrogen-bond donors (Lipinski definition) is 5. The minimum absolute atomic E-state index is 0.125. The standard InChI is InChI=1S/C27H32F3N7O3/c28-27(29,30)19-7-5-17(6-8-19)13-23(26(40)35-20-14-18-3-1-2-4-22(18)34-16-20)36-25(39)21(33)15-24(38)37(11-9-31)12-10-32/h1-8,14,16,21,23H,9-13,15,31-33H2,(H,35,40)(H,36,39)/p+1/t21-,23-/m0/s1. The van der Waals surface area contributed by atoms with Crippen LogP contribution in [0, 0.1) is 0 Å². The highest BCUT2D eigenvalue weighted by Gasteiger charge is 2.31. The van der Waals surface area contributed by atoms with Gasteiger partial charge in [-0.15, -0.1) is 0 Å². The molecule has 0 saturated carbocycles. The van der Waals surface area contributed by atoms with Crippen molar-refractivity contribution in [3.63, 3.8) is 0 Å². The van der Waals surface area contributed by atoms with Crippen molar-refractivity contribution >= 4 is 34.3 Å². The number of nitrogens with two attached hydrogens (primary N) is 3. The van der Waals surface area contributed by atoms with E-state index >= 15 is 0 Å². The van der Waals surface area contributed by atoms with Gasteiger partial charge < -0.3 is 32.7 Å². The number of rotatable bonds is 12. The van der Waals surface area contributed by atoms with Crippen molar-refractivity contribution in [2.24, 2.45) is 17.2 Å². The number of benzene rings is 2. The zero-order valence-electron chi connectivity index (χ0n) is 21.7. The van der Waals surface area contributed by atoms with Gasteiger partial charge in [0.15, 0.2) is 6.20 Å². The van der Waals surface area contributed by atoms with Crippen LogP contribution in [0.4, 0.5) is 18.9 Å². The first kappa shape index (κ1) is 30.5. The van der Waals surface area contributed by atoms with Crippen LogP contribution in [0.2, 0.25) is 0 Å². The number of halogens is 3. The maximum atomic E-state index is 13.3. The van der Waals surface area contributed by atoms with Crippen molar-refractivity contribution in [2.75, 3.05) is 31.5 Å². The highest BCUT2D eigenvalue weighted by atomic mass is 19.4. The first-order chi connectivity index (χ1) is 19.0. The Balaban J connectivity index is 1.77. The monoisotopic (exact) mass is 560 g/mol. The van der Waals surface area contributed by atoms with Crippen LogP contribution in [0.1, 0.15) is 17.5 Å². The molecule has 0 aliphatic carbocycles. The van der Waals surface area contributed by atoms with Gasteiger partial charge in [-0.1, -0.05) is 24.3 Å². The molecule has 0 aliphatic rings. The Kier molecular flexibility index (Phi) is 10.5. The van der Waals surface area contributed by atoms with E-state index in [1.165, 1.54) is 17.0 Å². The Labute approximate surface area is 229 Å². The fourth-order valence-electron chi connectivity index (χ4n) is 4.06. The molecule has 214 valence electrons. The van der Waals surface area contributed by atoms with Crippen molar-refractivity contribution in [1.82, 2.24) is 10.2 Å². The molecule has 1 aromatic heterocycles. The smallest absolute Gasteiger partial charge is 0.343 e. The number of amides is 3. The maximum Gasteiger partial charge on any atom is 0.416 e. The maximum absolute atomic E-state index is 13.3. The van der Waals surface area contributed by atoms with Crippen molar-refractivity contribution in [3.05, 3.63) is 71.9 Å². The van der Waals surface area contributed by atoms with Gasteiger partial charge in [-0.05, 0) is 29.8 Å². The third-order valence-electron chi connectivity index (χ3n) is 6.16. The Morgan fingerprint density at radius 1 is 0.950 bits per heavy atom. The Hall–Kier alpha value is -4.07. The minimum atomic E-state index is -4.52. The largest absolute Gasteiger partial charge is 0.416 e. The number of pyridine rings is 1. The van der Waals surface area contributed by atoms with Gasteiger partial charge in [0.2, 0.25) is 23.2 Å². The van der Waals surface area contributed by atoms with E-state index in [-0.39, 0.29) is 39.0 Å². The Morgan fingerprint density at radius 3 is 2.23 bits per heavy atom. The van der Waals surface area contributed by atoms with E-state index in [1.54, 1.807) is 12.3 Å². The topological polar surface area (TPSA) is 171 Å². The third kappa shape index (κ3) is 8.46. The number of nitrogens with one attached hydrogen (secondary N) is 3. The average molecular weight is 561 g/mol. The summed E-state index contributed by atoms with van der Waals surface area (Å²) in [5.74, 6) is -1.82. The number of fused-ring (bicyclic) bond motifs is 1. The van der Waals surface area contributed by atoms with E-state index in [9.17, 15) is 27.6 Å². The number of nitrogens with zero attached hydrogens (tertiary/aromatic N) is 1. The predicted octanol–water partition coefficient (Wildman–Crippen LogP) is 0.802. The van der Waals surface area contributed by atoms with Gasteiger partial charge in [0.25, 0.3) is 0 Å². The molecular weight excluding hydrogens is 527 g/mol. The molecule has 9 N–H and O–H groups in total. The molecule has 0 unspecified atom stereocenters. The lowest BCUT2D eigenvalue weighted by atomic mass is 10.0. The number of anilines is 1. The van der Waals surface area contributed by atoms with Crippen molar-refractivity contribution < 1.29 is 32.5 Å². The van der Waals surface area contributed by atoms with E-state index in [0.29, 0.717) is 11.3 Å². The number of alkyl halides is 3. The fourth-order valence-corrected chi connectivity index (χ4v) is 4.06. The summed E-state index contributed by atoms with van der Waals surface area (Å²) in [6, 6.07) is 10.9. The zero-order chi connectivity index (χ0) is 29.3. The second-order valence-electron chi connectivity index (χ2n) is 9.19. The molecule has 0 radical (unpaired) electrons. The molecule has 2 atom stereocenters. The van der Waals surface area contributed by atoms with Gasteiger partial charge in [0.1, 0.15) is 11.7 Å². The number of carbonyl (C=O) groups is 3. The average Bonchev–Trinajstić information content (AvgIpc) is 2.92. The fraction of sp³-hybridized carbons (Fsp3) is 0.333. The summed E-state index contributed by atoms with van der Waals surface area (Å²) in [5, 5.41) is 6.09. The van der Waals surface area contributed by atoms with E-state index < -0.39 is 41.5 Å². The molecule has 13 heteroatoms. The van der Waals surface area contributed by atoms with Crippen molar-refractivity contribution in [3.8, 4) is 0 Å². The lowest BCUT2D eigenvalue weighted by Crippen LogP contribution is -2.52. The molecule has 10 nitrogen and oxygen atoms in total. The van der Waals surface area contributed by atoms with Gasteiger partial charge in [0, 0.05) is 44.1 Å². The number of hydrogen-bond acceptors (Lipinski definition) is 6. The number of para-hydroxylation sites is 1. The second kappa shape index (κ2) is 13.8. The van der Waals surface area contributed by atoms with Crippen LogP contribution in [0.3, 0.4) is 0 Å². The van der Waals surface area contributed by atoms with Crippen molar-refractivity contribution in [1.29, 1.82) is 0 Å². The quantitative estimate of drug-likeness (QED) is 0.219. The van der Waals surface area contributed by atoms with Gasteiger partial charge in [-0.3, -0.25) is 14.4 Å². The van der Waals surface area contributed by atoms with Crippen LogP contribution in [-0.2, 0) is 27.0 Å². The van der Waals surface area contributed by atoms with Gasteiger partial charge in [-0.25, -0.2) is 4.98 Å². The summed E-state index contributed by atoms with van der Waals surface area (Å²) in [7, 11) is 0. The summed E-state index contributed by atoms with van der Waals surface area (Å²) >= 11 is 0. The van der Waals surface area contributed by atoms with E-state index in [4.69, 9.17) is 17.2 Å². The Bertz CT molecular complexity index is 1310. The first-order valence-corrected chi connectivity index (χ1v) is 12.6. The van der Waals surface area contributed by atoms with E-state index in [1.807, 2.05) is 24.3 Å². The molecular formula is C27H33F3N7O3+. The van der Waals surface area contributed by atoms with Crippen LogP contribution in [0.25, 0.3) is 10.9 Å². The Morgan fingerprint density at radius 2 is 1.60 bits per heavy atom. The summed E-state index contributed by atoms with van der Waals surface area (Å²) in [5.41, 5.74) is 17.8. The van der Waals surface area contributed by atoms with E-state index in [0.717, 1.165) is 23.0 Å². The molecule has 0 aliphatic heterocycles. The zero-order valence-corrected chi connectivity index (χ0v) is 21.7. The summed E-state index contributed by atoms with van der Waals surface area (Å²) in [6.07, 6.45) is -3.41. The highest BCUT2D eigenvalue weighted by Crippen LogP contribution is 2.29. The minimum Gasteiger partial charge on any atom is -0.343 e. The molecule has 0 saturated heterocycles. The van der Waals surface area contributed by atoms with E-state index in [2.05, 4.69) is 15.6 Å². The van der Waals surface area contributed by atoms with Gasteiger partial charge in [0.05, 0.1) is 18.0 Å². The number of H-pyrrole nitrogens is 1. The summed E-state index contributed by atoms with van der Waals surface area (Å²) < 4.78 is 39.0. The highest BCUT2D eigenvalue weighted by molar-refractivity contribution is 5.99. The molecule has 3 rings (SSSR count). The van der Waals surface area contributed by atoms with Crippen LogP contribution < -0.4 is 32.8 Å². The van der Waals surface area contributed by atoms with Crippen LogP contribution in [0.5, 0.6) is 0 Å². The lowest BCUT2D eigenvalue weighted by Gasteiger charge is -2.24. The van der Waals surface area contributed by atoms with Crippen molar-refractivity contribution in [2.45, 2.75) is 31.1 Å². The number of carbonyl (C=O) groups excluding carboxylic acids is 3. The lowest BCUT2D eigenvalue weighted by molar-refractivity contribution is -0.343. The predicted molar refractivity (Wildman–Crippen MR) is 143 cm³/mol. The SMILES string of the molecule is NCCN(CCN)C(=O)C[C@H](N)C(=O)N[C@@H](Cc1ccc(C(F)(F)F)cc1)C(=O)Nc1c[nH+]c2ccccc2c1. The molecule has 0 bridgehead atoms. The molecule has 3 amide bonds. The molecule has 2 aromatic carbocycles. The second-order valence-corrected chi connectivity index (χ2v) is 9.19. The summed E-state index contributed by atoms with van der Waals surface area (Å²) in [6.45, 7) is 0.891. The van der Waals surface area contributed by atoms with Crippen LogP contribution in [-0.4, -0.2) is 60.9 Å². The third-order valence-corrected chi connectivity index (χ3v) is 6.16.